The second-order valence-corrected chi connectivity index (χ2v) is 8.25. The van der Waals surface area contributed by atoms with Gasteiger partial charge in [0.2, 0.25) is 0 Å². The van der Waals surface area contributed by atoms with Crippen LogP contribution in [-0.2, 0) is 4.79 Å². The number of carbonyl (C=O) groups is 2. The number of nitrogens with zero attached hydrogens (tertiary/aromatic N) is 2. The van der Waals surface area contributed by atoms with E-state index in [1.807, 2.05) is 0 Å². The molecule has 0 unspecified atom stereocenters. The molecule has 0 aliphatic heterocycles. The lowest BCUT2D eigenvalue weighted by molar-refractivity contribution is -0.111. The standard InChI is InChI=1S/C27H23N5O5.ClH/c1-27(29,15-33)32-20-9-5-8-16(24(20)36-2)18-13-21(17-7-3-4-10-22(17)34)30-25(19(18)14-28)31-26(35)23-11-6-12-37-23;/h3-13,15,32,34H,29H2,1-2H3,(H,30,31,35);1H/t27-;/m0./s1. The molecule has 0 aliphatic rings. The highest BCUT2D eigenvalue weighted by Gasteiger charge is 2.24. The van der Waals surface area contributed by atoms with E-state index in [1.54, 1.807) is 48.5 Å². The first-order valence-corrected chi connectivity index (χ1v) is 11.1. The highest BCUT2D eigenvalue weighted by molar-refractivity contribution is 6.03. The van der Waals surface area contributed by atoms with E-state index < -0.39 is 11.6 Å². The van der Waals surface area contributed by atoms with Gasteiger partial charge < -0.3 is 30.6 Å². The Morgan fingerprint density at radius 1 is 1.16 bits per heavy atom. The van der Waals surface area contributed by atoms with Crippen LogP contribution in [0.1, 0.15) is 23.0 Å². The van der Waals surface area contributed by atoms with Crippen molar-refractivity contribution in [3.63, 3.8) is 0 Å². The number of nitriles is 1. The van der Waals surface area contributed by atoms with Crippen LogP contribution in [0.2, 0.25) is 0 Å². The first kappa shape index (κ1) is 27.7. The molecule has 4 aromatic rings. The lowest BCUT2D eigenvalue weighted by Gasteiger charge is -2.24. The number of furan rings is 1. The van der Waals surface area contributed by atoms with Crippen LogP contribution in [0, 0.1) is 11.3 Å². The zero-order chi connectivity index (χ0) is 26.6. The summed E-state index contributed by atoms with van der Waals surface area (Å²) in [5, 5.41) is 26.2. The maximum absolute atomic E-state index is 12.8. The molecule has 194 valence electrons. The average Bonchev–Trinajstić information content (AvgIpc) is 3.43. The Hall–Kier alpha value is -4.85. The number of benzene rings is 2. The number of halogens is 1. The number of phenolic OH excluding ortho intramolecular Hbond substituents is 1. The lowest BCUT2D eigenvalue weighted by Crippen LogP contribution is -2.46. The van der Waals surface area contributed by atoms with Crippen molar-refractivity contribution in [3.05, 3.63) is 78.3 Å². The van der Waals surface area contributed by atoms with Crippen LogP contribution < -0.4 is 21.1 Å². The number of amides is 1. The minimum atomic E-state index is -1.38. The number of hydrogen-bond acceptors (Lipinski definition) is 9. The summed E-state index contributed by atoms with van der Waals surface area (Å²) in [5.41, 5.74) is 6.53. The van der Waals surface area contributed by atoms with E-state index in [1.165, 1.54) is 32.4 Å². The molecular formula is C27H24ClN5O5. The summed E-state index contributed by atoms with van der Waals surface area (Å²) >= 11 is 0. The molecule has 1 atom stereocenters. The van der Waals surface area contributed by atoms with Gasteiger partial charge in [0, 0.05) is 16.7 Å². The number of phenols is 1. The molecule has 0 radical (unpaired) electrons. The summed E-state index contributed by atoms with van der Waals surface area (Å²) in [5.74, 6) is -0.366. The van der Waals surface area contributed by atoms with E-state index >= 15 is 0 Å². The van der Waals surface area contributed by atoms with Crippen LogP contribution in [0.25, 0.3) is 22.4 Å². The molecule has 2 heterocycles. The van der Waals surface area contributed by atoms with E-state index in [9.17, 15) is 20.0 Å². The summed E-state index contributed by atoms with van der Waals surface area (Å²) in [6.07, 6.45) is 1.91. The number of rotatable bonds is 8. The lowest BCUT2D eigenvalue weighted by atomic mass is 9.96. The molecule has 5 N–H and O–H groups in total. The number of aromatic hydroxyl groups is 1. The third-order valence-electron chi connectivity index (χ3n) is 5.45. The maximum atomic E-state index is 12.8. The van der Waals surface area contributed by atoms with Gasteiger partial charge in [-0.3, -0.25) is 9.59 Å². The highest BCUT2D eigenvalue weighted by atomic mass is 35.5. The summed E-state index contributed by atoms with van der Waals surface area (Å²) in [6.45, 7) is 1.50. The van der Waals surface area contributed by atoms with Crippen molar-refractivity contribution in [1.82, 2.24) is 4.98 Å². The Morgan fingerprint density at radius 2 is 1.89 bits per heavy atom. The van der Waals surface area contributed by atoms with Gasteiger partial charge >= 0.3 is 0 Å². The third-order valence-corrected chi connectivity index (χ3v) is 5.45. The van der Waals surface area contributed by atoms with Gasteiger partial charge in [-0.25, -0.2) is 4.98 Å². The number of hydrogen-bond donors (Lipinski definition) is 4. The van der Waals surface area contributed by atoms with Gasteiger partial charge in [-0.05, 0) is 43.3 Å². The molecule has 10 nitrogen and oxygen atoms in total. The molecule has 11 heteroatoms. The van der Waals surface area contributed by atoms with Gasteiger partial charge in [0.15, 0.2) is 17.9 Å². The number of nitrogens with one attached hydrogen (secondary N) is 2. The Morgan fingerprint density at radius 3 is 2.53 bits per heavy atom. The largest absolute Gasteiger partial charge is 0.507 e. The molecule has 0 saturated carbocycles. The summed E-state index contributed by atoms with van der Waals surface area (Å²) < 4.78 is 10.8. The number of nitrogens with two attached hydrogens (primary N) is 1. The predicted octanol–water partition coefficient (Wildman–Crippen LogP) is 4.55. The van der Waals surface area contributed by atoms with Crippen molar-refractivity contribution in [3.8, 4) is 40.0 Å². The first-order valence-electron chi connectivity index (χ1n) is 11.1. The first-order chi connectivity index (χ1) is 17.8. The van der Waals surface area contributed by atoms with Crippen molar-refractivity contribution >= 4 is 36.1 Å². The second kappa shape index (κ2) is 11.5. The molecule has 2 aromatic heterocycles. The van der Waals surface area contributed by atoms with E-state index in [2.05, 4.69) is 21.7 Å². The molecule has 0 fully saturated rings. The minimum absolute atomic E-state index is 0. The fourth-order valence-corrected chi connectivity index (χ4v) is 3.75. The minimum Gasteiger partial charge on any atom is -0.507 e. The van der Waals surface area contributed by atoms with Crippen LogP contribution in [0.3, 0.4) is 0 Å². The highest BCUT2D eigenvalue weighted by Crippen LogP contribution is 2.42. The molecule has 0 bridgehead atoms. The molecule has 0 saturated heterocycles. The second-order valence-electron chi connectivity index (χ2n) is 8.25. The van der Waals surface area contributed by atoms with E-state index in [0.717, 1.165) is 0 Å². The van der Waals surface area contributed by atoms with Crippen LogP contribution in [-0.4, -0.2) is 35.1 Å². The van der Waals surface area contributed by atoms with Gasteiger partial charge in [0.25, 0.3) is 5.91 Å². The number of carbonyl (C=O) groups excluding carboxylic acids is 2. The zero-order valence-corrected chi connectivity index (χ0v) is 21.2. The smallest absolute Gasteiger partial charge is 0.292 e. The van der Waals surface area contributed by atoms with Crippen molar-refractivity contribution in [2.45, 2.75) is 12.6 Å². The molecular weight excluding hydrogens is 510 g/mol. The third kappa shape index (κ3) is 5.59. The monoisotopic (exact) mass is 533 g/mol. The van der Waals surface area contributed by atoms with Gasteiger partial charge in [-0.1, -0.05) is 24.3 Å². The number of aldehydes is 1. The zero-order valence-electron chi connectivity index (χ0n) is 20.4. The number of methoxy groups -OCH3 is 1. The molecule has 1 amide bonds. The SMILES string of the molecule is COc1c(N[C@](C)(N)C=O)cccc1-c1cc(-c2ccccc2O)nc(NC(=O)c2ccco2)c1C#N.Cl. The number of ether oxygens (including phenoxy) is 1. The molecule has 38 heavy (non-hydrogen) atoms. The predicted molar refractivity (Wildman–Crippen MR) is 144 cm³/mol. The Bertz CT molecular complexity index is 1510. The quantitative estimate of drug-likeness (QED) is 0.188. The van der Waals surface area contributed by atoms with Crippen molar-refractivity contribution in [2.24, 2.45) is 5.73 Å². The normalized spacial score (nSPS) is 11.8. The van der Waals surface area contributed by atoms with E-state index in [-0.39, 0.29) is 35.3 Å². The fraction of sp³-hybridized carbons (Fsp3) is 0.111. The molecule has 4 rings (SSSR count). The van der Waals surface area contributed by atoms with Crippen LogP contribution >= 0.6 is 12.4 Å². The molecule has 0 aliphatic carbocycles. The number of aromatic nitrogens is 1. The number of para-hydroxylation sites is 2. The topological polar surface area (TPSA) is 163 Å². The van der Waals surface area contributed by atoms with Gasteiger partial charge in [0.05, 0.1) is 24.8 Å². The summed E-state index contributed by atoms with van der Waals surface area (Å²) in [4.78, 5) is 28.7. The van der Waals surface area contributed by atoms with Gasteiger partial charge in [-0.15, -0.1) is 12.4 Å². The van der Waals surface area contributed by atoms with Crippen LogP contribution in [0.4, 0.5) is 11.5 Å². The van der Waals surface area contributed by atoms with Crippen LogP contribution in [0.5, 0.6) is 11.5 Å². The maximum Gasteiger partial charge on any atom is 0.292 e. The molecule has 2 aromatic carbocycles. The van der Waals surface area contributed by atoms with E-state index in [0.29, 0.717) is 40.1 Å². The van der Waals surface area contributed by atoms with E-state index in [4.69, 9.17) is 14.9 Å². The number of pyridine rings is 1. The van der Waals surface area contributed by atoms with Gasteiger partial charge in [-0.2, -0.15) is 5.26 Å². The average molecular weight is 534 g/mol. The Balaban J connectivity index is 0.00000400. The van der Waals surface area contributed by atoms with Crippen molar-refractivity contribution in [2.75, 3.05) is 17.7 Å². The summed E-state index contributed by atoms with van der Waals surface area (Å²) in [6, 6.07) is 18.4. The number of anilines is 2. The van der Waals surface area contributed by atoms with Crippen molar-refractivity contribution < 1.29 is 23.8 Å². The summed E-state index contributed by atoms with van der Waals surface area (Å²) in [7, 11) is 1.44. The Kier molecular flexibility index (Phi) is 8.37. The molecule has 0 spiro atoms. The van der Waals surface area contributed by atoms with Gasteiger partial charge in [0.1, 0.15) is 28.8 Å². The van der Waals surface area contributed by atoms with Crippen LogP contribution in [0.15, 0.2) is 71.3 Å². The Labute approximate surface area is 224 Å². The van der Waals surface area contributed by atoms with Crippen molar-refractivity contribution in [1.29, 1.82) is 5.26 Å². The fourth-order valence-electron chi connectivity index (χ4n) is 3.75.